The molecule has 1 unspecified atom stereocenters. The predicted octanol–water partition coefficient (Wildman–Crippen LogP) is 0.275. The smallest absolute Gasteiger partial charge is 0.239 e. The van der Waals surface area contributed by atoms with E-state index in [2.05, 4.69) is 16.0 Å². The molecule has 0 saturated carbocycles. The van der Waals surface area contributed by atoms with Crippen molar-refractivity contribution < 1.29 is 9.59 Å². The summed E-state index contributed by atoms with van der Waals surface area (Å²) in [6.07, 6.45) is 0. The first-order valence-corrected chi connectivity index (χ1v) is 6.36. The van der Waals surface area contributed by atoms with Crippen LogP contribution in [0, 0.1) is 5.92 Å². The van der Waals surface area contributed by atoms with Crippen LogP contribution in [0.3, 0.4) is 0 Å². The van der Waals surface area contributed by atoms with Crippen molar-refractivity contribution in [2.45, 2.75) is 13.5 Å². The van der Waals surface area contributed by atoms with Crippen LogP contribution in [-0.2, 0) is 16.1 Å². The summed E-state index contributed by atoms with van der Waals surface area (Å²) in [5.41, 5.74) is 1.03. The van der Waals surface area contributed by atoms with Crippen molar-refractivity contribution in [1.29, 1.82) is 0 Å². The Balaban J connectivity index is 2.23. The third kappa shape index (κ3) is 6.01. The van der Waals surface area contributed by atoms with Crippen molar-refractivity contribution in [2.24, 2.45) is 5.92 Å². The molecule has 1 rings (SSSR count). The Labute approximate surface area is 113 Å². The molecular weight excluding hydrogens is 242 g/mol. The van der Waals surface area contributed by atoms with Crippen LogP contribution in [0.4, 0.5) is 0 Å². The standard InChI is InChI=1S/C14H21N3O2/c1-11(8-15-2)14(19)17-10-13(18)16-9-12-6-4-3-5-7-12/h3-7,11,15H,8-10H2,1-2H3,(H,16,18)(H,17,19). The van der Waals surface area contributed by atoms with Gasteiger partial charge in [-0.15, -0.1) is 0 Å². The molecule has 0 fully saturated rings. The number of hydrogen-bond acceptors (Lipinski definition) is 3. The minimum Gasteiger partial charge on any atom is -0.350 e. The molecule has 5 nitrogen and oxygen atoms in total. The van der Waals surface area contributed by atoms with Gasteiger partial charge in [0.1, 0.15) is 0 Å². The number of nitrogens with one attached hydrogen (secondary N) is 3. The van der Waals surface area contributed by atoms with E-state index in [1.54, 1.807) is 7.05 Å². The maximum atomic E-state index is 11.6. The van der Waals surface area contributed by atoms with Crippen LogP contribution >= 0.6 is 0 Å². The summed E-state index contributed by atoms with van der Waals surface area (Å²) < 4.78 is 0. The van der Waals surface area contributed by atoms with E-state index in [4.69, 9.17) is 0 Å². The summed E-state index contributed by atoms with van der Waals surface area (Å²) in [4.78, 5) is 23.1. The van der Waals surface area contributed by atoms with E-state index in [-0.39, 0.29) is 24.3 Å². The minimum atomic E-state index is -0.186. The van der Waals surface area contributed by atoms with Gasteiger partial charge in [-0.25, -0.2) is 0 Å². The lowest BCUT2D eigenvalue weighted by atomic mass is 10.1. The highest BCUT2D eigenvalue weighted by Gasteiger charge is 2.12. The number of carbonyl (C=O) groups is 2. The summed E-state index contributed by atoms with van der Waals surface area (Å²) in [6, 6.07) is 9.64. The van der Waals surface area contributed by atoms with Crippen LogP contribution in [-0.4, -0.2) is 32.0 Å². The molecule has 3 N–H and O–H groups in total. The summed E-state index contributed by atoms with van der Waals surface area (Å²) in [6.45, 7) is 2.90. The fourth-order valence-electron chi connectivity index (χ4n) is 1.60. The summed E-state index contributed by atoms with van der Waals surface area (Å²) in [7, 11) is 1.79. The Morgan fingerprint density at radius 3 is 2.47 bits per heavy atom. The lowest BCUT2D eigenvalue weighted by Crippen LogP contribution is -2.40. The molecule has 0 aliphatic rings. The Bertz CT molecular complexity index is 406. The van der Waals surface area contributed by atoms with E-state index in [0.717, 1.165) is 5.56 Å². The second-order valence-corrected chi connectivity index (χ2v) is 4.44. The molecule has 0 saturated heterocycles. The number of rotatable bonds is 7. The second kappa shape index (κ2) is 8.26. The molecule has 0 radical (unpaired) electrons. The average Bonchev–Trinajstić information content (AvgIpc) is 2.43. The van der Waals surface area contributed by atoms with Crippen molar-refractivity contribution in [1.82, 2.24) is 16.0 Å². The van der Waals surface area contributed by atoms with Crippen LogP contribution in [0.15, 0.2) is 30.3 Å². The molecule has 1 aromatic carbocycles. The van der Waals surface area contributed by atoms with Gasteiger partial charge in [0.25, 0.3) is 0 Å². The van der Waals surface area contributed by atoms with E-state index in [9.17, 15) is 9.59 Å². The maximum Gasteiger partial charge on any atom is 0.239 e. The first-order chi connectivity index (χ1) is 9.13. The maximum absolute atomic E-state index is 11.6. The zero-order valence-electron chi connectivity index (χ0n) is 11.4. The molecule has 0 aliphatic carbocycles. The van der Waals surface area contributed by atoms with Gasteiger partial charge < -0.3 is 16.0 Å². The van der Waals surface area contributed by atoms with Gasteiger partial charge in [0.15, 0.2) is 0 Å². The zero-order chi connectivity index (χ0) is 14.1. The SMILES string of the molecule is CNCC(C)C(=O)NCC(=O)NCc1ccccc1. The summed E-state index contributed by atoms with van der Waals surface area (Å²) >= 11 is 0. The van der Waals surface area contributed by atoms with Gasteiger partial charge in [-0.05, 0) is 12.6 Å². The average molecular weight is 263 g/mol. The molecule has 5 heteroatoms. The molecule has 0 spiro atoms. The van der Waals surface area contributed by atoms with E-state index >= 15 is 0 Å². The third-order valence-corrected chi connectivity index (χ3v) is 2.71. The summed E-state index contributed by atoms with van der Waals surface area (Å²) in [5.74, 6) is -0.454. The fourth-order valence-corrected chi connectivity index (χ4v) is 1.60. The van der Waals surface area contributed by atoms with Gasteiger partial charge in [-0.3, -0.25) is 9.59 Å². The molecular formula is C14H21N3O2. The normalized spacial score (nSPS) is 11.7. The lowest BCUT2D eigenvalue weighted by Gasteiger charge is -2.11. The highest BCUT2D eigenvalue weighted by Crippen LogP contribution is 1.96. The third-order valence-electron chi connectivity index (χ3n) is 2.71. The second-order valence-electron chi connectivity index (χ2n) is 4.44. The van der Waals surface area contributed by atoms with Crippen LogP contribution in [0.2, 0.25) is 0 Å². The van der Waals surface area contributed by atoms with E-state index in [1.807, 2.05) is 37.3 Å². The van der Waals surface area contributed by atoms with Crippen molar-refractivity contribution in [3.8, 4) is 0 Å². The topological polar surface area (TPSA) is 70.2 Å². The molecule has 104 valence electrons. The number of hydrogen-bond donors (Lipinski definition) is 3. The molecule has 1 aromatic rings. The Hall–Kier alpha value is -1.88. The van der Waals surface area contributed by atoms with Crippen molar-refractivity contribution in [3.05, 3.63) is 35.9 Å². The van der Waals surface area contributed by atoms with Crippen molar-refractivity contribution >= 4 is 11.8 Å². The van der Waals surface area contributed by atoms with Gasteiger partial charge in [0, 0.05) is 19.0 Å². The van der Waals surface area contributed by atoms with Crippen LogP contribution in [0.1, 0.15) is 12.5 Å². The van der Waals surface area contributed by atoms with E-state index < -0.39 is 0 Å². The van der Waals surface area contributed by atoms with E-state index in [1.165, 1.54) is 0 Å². The van der Waals surface area contributed by atoms with Crippen molar-refractivity contribution in [3.63, 3.8) is 0 Å². The number of amides is 2. The number of carbonyl (C=O) groups excluding carboxylic acids is 2. The molecule has 0 heterocycles. The van der Waals surface area contributed by atoms with Crippen LogP contribution in [0.5, 0.6) is 0 Å². The van der Waals surface area contributed by atoms with Gasteiger partial charge >= 0.3 is 0 Å². The Kier molecular flexibility index (Phi) is 6.60. The molecule has 2 amide bonds. The minimum absolute atomic E-state index is 0.0136. The highest BCUT2D eigenvalue weighted by atomic mass is 16.2. The molecule has 19 heavy (non-hydrogen) atoms. The first-order valence-electron chi connectivity index (χ1n) is 6.36. The monoisotopic (exact) mass is 263 g/mol. The van der Waals surface area contributed by atoms with Crippen molar-refractivity contribution in [2.75, 3.05) is 20.1 Å². The van der Waals surface area contributed by atoms with Crippen LogP contribution < -0.4 is 16.0 Å². The Morgan fingerprint density at radius 2 is 1.84 bits per heavy atom. The van der Waals surface area contributed by atoms with Gasteiger partial charge in [0.2, 0.25) is 11.8 Å². The highest BCUT2D eigenvalue weighted by molar-refractivity contribution is 5.85. The van der Waals surface area contributed by atoms with Gasteiger partial charge in [-0.2, -0.15) is 0 Å². The molecule has 0 aliphatic heterocycles. The lowest BCUT2D eigenvalue weighted by molar-refractivity contribution is -0.128. The van der Waals surface area contributed by atoms with Crippen LogP contribution in [0.25, 0.3) is 0 Å². The molecule has 0 aromatic heterocycles. The largest absolute Gasteiger partial charge is 0.350 e. The zero-order valence-corrected chi connectivity index (χ0v) is 11.4. The fraction of sp³-hybridized carbons (Fsp3) is 0.429. The van der Waals surface area contributed by atoms with E-state index in [0.29, 0.717) is 13.1 Å². The Morgan fingerprint density at radius 1 is 1.16 bits per heavy atom. The quantitative estimate of drug-likeness (QED) is 0.661. The predicted molar refractivity (Wildman–Crippen MR) is 74.4 cm³/mol. The van der Waals surface area contributed by atoms with Gasteiger partial charge in [-0.1, -0.05) is 37.3 Å². The molecule has 0 bridgehead atoms. The number of benzene rings is 1. The first kappa shape index (κ1) is 15.2. The van der Waals surface area contributed by atoms with Gasteiger partial charge in [0.05, 0.1) is 6.54 Å². The molecule has 1 atom stereocenters. The summed E-state index contributed by atoms with van der Waals surface area (Å²) in [5, 5.41) is 8.29.